The van der Waals surface area contributed by atoms with Crippen molar-refractivity contribution in [1.82, 2.24) is 5.32 Å². The second kappa shape index (κ2) is 15.0. The molecule has 0 saturated carbocycles. The number of esters is 1. The van der Waals surface area contributed by atoms with Crippen LogP contribution in [0.5, 0.6) is 0 Å². The van der Waals surface area contributed by atoms with Crippen LogP contribution in [-0.2, 0) is 14.3 Å². The summed E-state index contributed by atoms with van der Waals surface area (Å²) in [4.78, 5) is 24.1. The topological polar surface area (TPSA) is 64.6 Å². The Morgan fingerprint density at radius 2 is 1.48 bits per heavy atom. The summed E-state index contributed by atoms with van der Waals surface area (Å²) >= 11 is 0. The van der Waals surface area contributed by atoms with Gasteiger partial charge >= 0.3 is 12.1 Å². The van der Waals surface area contributed by atoms with Gasteiger partial charge in [0.1, 0.15) is 6.04 Å². The van der Waals surface area contributed by atoms with Crippen LogP contribution in [0, 0.1) is 11.8 Å². The minimum absolute atomic E-state index is 0.00754. The second-order valence-electron chi connectivity index (χ2n) is 7.29. The van der Waals surface area contributed by atoms with E-state index >= 15 is 0 Å². The highest BCUT2D eigenvalue weighted by molar-refractivity contribution is 5.81. The number of ether oxygens (including phenoxy) is 2. The molecule has 5 heteroatoms. The first-order valence-electron chi connectivity index (χ1n) is 10.0. The summed E-state index contributed by atoms with van der Waals surface area (Å²) in [6.07, 6.45) is 8.46. The Morgan fingerprint density at radius 3 is 2.04 bits per heavy atom. The van der Waals surface area contributed by atoms with Crippen molar-refractivity contribution in [3.63, 3.8) is 0 Å². The van der Waals surface area contributed by atoms with Gasteiger partial charge in [-0.25, -0.2) is 9.59 Å². The molecule has 1 amide bonds. The van der Waals surface area contributed by atoms with E-state index in [0.29, 0.717) is 13.2 Å². The first-order valence-corrected chi connectivity index (χ1v) is 10.0. The van der Waals surface area contributed by atoms with E-state index in [1.54, 1.807) is 0 Å². The number of alkyl carbamates (subject to hydrolysis) is 1. The van der Waals surface area contributed by atoms with Crippen molar-refractivity contribution < 1.29 is 19.1 Å². The van der Waals surface area contributed by atoms with E-state index in [4.69, 9.17) is 9.47 Å². The minimum atomic E-state index is -0.644. The van der Waals surface area contributed by atoms with Crippen molar-refractivity contribution in [2.75, 3.05) is 13.2 Å². The fourth-order valence-corrected chi connectivity index (χ4v) is 2.40. The first-order chi connectivity index (χ1) is 11.9. The van der Waals surface area contributed by atoms with Gasteiger partial charge in [0, 0.05) is 0 Å². The number of rotatable bonds is 14. The van der Waals surface area contributed by atoms with E-state index < -0.39 is 12.1 Å². The number of hydrogen-bond donors (Lipinski definition) is 1. The van der Waals surface area contributed by atoms with Gasteiger partial charge in [-0.15, -0.1) is 0 Å². The predicted octanol–water partition coefficient (Wildman–Crippen LogP) is 5.08. The molecule has 0 aromatic rings. The third kappa shape index (κ3) is 12.7. The SMILES string of the molecule is CCCCCCCCCOC(=O)C(NC(=O)OCC(C)C)C(C)CC. The quantitative estimate of drug-likeness (QED) is 0.348. The van der Waals surface area contributed by atoms with Crippen molar-refractivity contribution >= 4 is 12.1 Å². The van der Waals surface area contributed by atoms with E-state index in [9.17, 15) is 9.59 Å². The Morgan fingerprint density at radius 1 is 0.880 bits per heavy atom. The molecule has 0 aliphatic heterocycles. The predicted molar refractivity (Wildman–Crippen MR) is 102 cm³/mol. The van der Waals surface area contributed by atoms with Gasteiger partial charge < -0.3 is 14.8 Å². The normalized spacial score (nSPS) is 13.4. The molecule has 2 unspecified atom stereocenters. The molecule has 0 radical (unpaired) electrons. The van der Waals surface area contributed by atoms with Gasteiger partial charge in [-0.3, -0.25) is 0 Å². The van der Waals surface area contributed by atoms with Crippen LogP contribution in [-0.4, -0.2) is 31.3 Å². The zero-order valence-corrected chi connectivity index (χ0v) is 16.9. The van der Waals surface area contributed by atoms with Gasteiger partial charge in [-0.05, 0) is 18.3 Å². The van der Waals surface area contributed by atoms with E-state index in [1.807, 2.05) is 27.7 Å². The molecule has 0 aromatic heterocycles. The number of unbranched alkanes of at least 4 members (excludes halogenated alkanes) is 6. The molecule has 148 valence electrons. The van der Waals surface area contributed by atoms with Crippen molar-refractivity contribution in [2.24, 2.45) is 11.8 Å². The van der Waals surface area contributed by atoms with Crippen LogP contribution in [0.4, 0.5) is 4.79 Å². The van der Waals surface area contributed by atoms with Crippen LogP contribution >= 0.6 is 0 Å². The van der Waals surface area contributed by atoms with E-state index in [0.717, 1.165) is 19.3 Å². The molecule has 0 heterocycles. The number of hydrogen-bond acceptors (Lipinski definition) is 4. The molecule has 0 saturated heterocycles. The van der Waals surface area contributed by atoms with Gasteiger partial charge in [-0.1, -0.05) is 79.6 Å². The molecule has 0 rings (SSSR count). The maximum absolute atomic E-state index is 12.3. The number of carbonyl (C=O) groups is 2. The molecule has 0 aliphatic rings. The molecular formula is C20H39NO4. The molecule has 0 aromatic carbocycles. The van der Waals surface area contributed by atoms with Crippen LogP contribution in [0.1, 0.15) is 86.0 Å². The highest BCUT2D eigenvalue weighted by Gasteiger charge is 2.27. The summed E-state index contributed by atoms with van der Waals surface area (Å²) in [6, 6.07) is -0.644. The van der Waals surface area contributed by atoms with E-state index in [2.05, 4.69) is 12.2 Å². The molecular weight excluding hydrogens is 318 g/mol. The fourth-order valence-electron chi connectivity index (χ4n) is 2.40. The lowest BCUT2D eigenvalue weighted by Crippen LogP contribution is -2.46. The minimum Gasteiger partial charge on any atom is -0.464 e. The summed E-state index contributed by atoms with van der Waals surface area (Å²) in [6.45, 7) is 10.8. The van der Waals surface area contributed by atoms with Gasteiger partial charge in [0.25, 0.3) is 0 Å². The van der Waals surface area contributed by atoms with Crippen molar-refractivity contribution in [3.05, 3.63) is 0 Å². The van der Waals surface area contributed by atoms with Crippen LogP contribution in [0.15, 0.2) is 0 Å². The van der Waals surface area contributed by atoms with Gasteiger partial charge in [0.2, 0.25) is 0 Å². The lowest BCUT2D eigenvalue weighted by molar-refractivity contribution is -0.147. The average Bonchev–Trinajstić information content (AvgIpc) is 2.59. The van der Waals surface area contributed by atoms with Crippen molar-refractivity contribution in [2.45, 2.75) is 92.0 Å². The second-order valence-corrected chi connectivity index (χ2v) is 7.29. The maximum atomic E-state index is 12.3. The smallest absolute Gasteiger partial charge is 0.407 e. The average molecular weight is 358 g/mol. The van der Waals surface area contributed by atoms with E-state index in [1.165, 1.54) is 32.1 Å². The third-order valence-corrected chi connectivity index (χ3v) is 4.28. The van der Waals surface area contributed by atoms with Crippen LogP contribution < -0.4 is 5.32 Å². The Bertz CT molecular complexity index is 358. The number of nitrogens with one attached hydrogen (secondary N) is 1. The van der Waals surface area contributed by atoms with Gasteiger partial charge in [-0.2, -0.15) is 0 Å². The van der Waals surface area contributed by atoms with Crippen LogP contribution in [0.3, 0.4) is 0 Å². The standard InChI is InChI=1S/C20H39NO4/c1-6-8-9-10-11-12-13-14-24-19(22)18(17(5)7-2)21-20(23)25-15-16(3)4/h16-18H,6-15H2,1-5H3,(H,21,23). The fraction of sp³-hybridized carbons (Fsp3) is 0.900. The van der Waals surface area contributed by atoms with Crippen molar-refractivity contribution in [1.29, 1.82) is 0 Å². The molecule has 0 aliphatic carbocycles. The van der Waals surface area contributed by atoms with E-state index in [-0.39, 0.29) is 17.8 Å². The molecule has 0 bridgehead atoms. The lowest BCUT2D eigenvalue weighted by Gasteiger charge is -2.22. The highest BCUT2D eigenvalue weighted by atomic mass is 16.6. The Labute approximate surface area is 154 Å². The summed E-state index contributed by atoms with van der Waals surface area (Å²) in [5.41, 5.74) is 0. The van der Waals surface area contributed by atoms with Gasteiger partial charge in [0.05, 0.1) is 13.2 Å². The summed E-state index contributed by atoms with van der Waals surface area (Å²) in [5, 5.41) is 2.66. The highest BCUT2D eigenvalue weighted by Crippen LogP contribution is 2.11. The molecule has 25 heavy (non-hydrogen) atoms. The third-order valence-electron chi connectivity index (χ3n) is 4.28. The zero-order valence-electron chi connectivity index (χ0n) is 16.9. The number of amides is 1. The Hall–Kier alpha value is -1.26. The molecule has 0 spiro atoms. The Balaban J connectivity index is 4.13. The lowest BCUT2D eigenvalue weighted by atomic mass is 9.99. The molecule has 5 nitrogen and oxygen atoms in total. The maximum Gasteiger partial charge on any atom is 0.407 e. The summed E-state index contributed by atoms with van der Waals surface area (Å²) in [5.74, 6) is -0.0907. The molecule has 1 N–H and O–H groups in total. The van der Waals surface area contributed by atoms with Crippen LogP contribution in [0.2, 0.25) is 0 Å². The Kier molecular flexibility index (Phi) is 14.3. The summed E-state index contributed by atoms with van der Waals surface area (Å²) < 4.78 is 10.5. The number of carbonyl (C=O) groups excluding carboxylic acids is 2. The first kappa shape index (κ1) is 23.7. The van der Waals surface area contributed by atoms with Gasteiger partial charge in [0.15, 0.2) is 0 Å². The molecule has 0 fully saturated rings. The summed E-state index contributed by atoms with van der Waals surface area (Å²) in [7, 11) is 0. The zero-order chi connectivity index (χ0) is 19.1. The largest absolute Gasteiger partial charge is 0.464 e. The molecule has 2 atom stereocenters. The van der Waals surface area contributed by atoms with Crippen molar-refractivity contribution in [3.8, 4) is 0 Å². The monoisotopic (exact) mass is 357 g/mol. The van der Waals surface area contributed by atoms with Crippen LogP contribution in [0.25, 0.3) is 0 Å².